The summed E-state index contributed by atoms with van der Waals surface area (Å²) in [6, 6.07) is 7.49. The van der Waals surface area contributed by atoms with Crippen molar-refractivity contribution in [2.45, 2.75) is 25.3 Å². The minimum atomic E-state index is -0.745. The zero-order chi connectivity index (χ0) is 13.6. The average molecular weight is 323 g/mol. The van der Waals surface area contributed by atoms with Gasteiger partial charge in [0.1, 0.15) is 12.1 Å². The van der Waals surface area contributed by atoms with Crippen LogP contribution in [0.15, 0.2) is 28.7 Å². The minimum Gasteiger partial charge on any atom is -0.340 e. The summed E-state index contributed by atoms with van der Waals surface area (Å²) in [7, 11) is 0. The van der Waals surface area contributed by atoms with Gasteiger partial charge < -0.3 is 5.32 Å². The van der Waals surface area contributed by atoms with Gasteiger partial charge in [-0.25, -0.2) is 0 Å². The molecule has 1 unspecified atom stereocenters. The van der Waals surface area contributed by atoms with Crippen LogP contribution < -0.4 is 10.2 Å². The summed E-state index contributed by atoms with van der Waals surface area (Å²) in [4.78, 5) is 26.2. The predicted octanol–water partition coefficient (Wildman–Crippen LogP) is 2.08. The maximum Gasteiger partial charge on any atom is 0.253 e. The van der Waals surface area contributed by atoms with Crippen LogP contribution in [0.3, 0.4) is 0 Å². The van der Waals surface area contributed by atoms with E-state index in [0.717, 1.165) is 23.0 Å². The number of carbonyl (C=O) groups excluding carboxylic acids is 2. The molecular formula is C14H15BrN2O2. The second-order valence-corrected chi connectivity index (χ2v) is 6.22. The highest BCUT2D eigenvalue weighted by Crippen LogP contribution is 2.42. The number of halogens is 1. The highest BCUT2D eigenvalue weighted by Gasteiger charge is 2.52. The van der Waals surface area contributed by atoms with E-state index in [0.29, 0.717) is 0 Å². The van der Waals surface area contributed by atoms with Crippen LogP contribution in [-0.2, 0) is 9.59 Å². The second-order valence-electron chi connectivity index (χ2n) is 5.37. The van der Waals surface area contributed by atoms with E-state index in [-0.39, 0.29) is 24.3 Å². The molecule has 100 valence electrons. The number of hydrogen-bond acceptors (Lipinski definition) is 2. The average Bonchev–Trinajstić information content (AvgIpc) is 3.19. The van der Waals surface area contributed by atoms with E-state index in [2.05, 4.69) is 21.2 Å². The number of nitrogens with one attached hydrogen (secondary N) is 1. The number of amides is 2. The van der Waals surface area contributed by atoms with Gasteiger partial charge in [0.2, 0.25) is 5.91 Å². The molecule has 0 spiro atoms. The van der Waals surface area contributed by atoms with E-state index in [1.807, 2.05) is 31.2 Å². The minimum absolute atomic E-state index is 0.0125. The monoisotopic (exact) mass is 322 g/mol. The fraction of sp³-hybridized carbons (Fsp3) is 0.429. The molecule has 2 aliphatic rings. The van der Waals surface area contributed by atoms with Crippen LogP contribution >= 0.6 is 15.9 Å². The lowest BCUT2D eigenvalue weighted by molar-refractivity contribution is -0.136. The topological polar surface area (TPSA) is 49.4 Å². The molecule has 0 aromatic heterocycles. The van der Waals surface area contributed by atoms with Gasteiger partial charge in [0.15, 0.2) is 0 Å². The lowest BCUT2D eigenvalue weighted by Crippen LogP contribution is -2.66. The molecule has 1 saturated carbocycles. The molecule has 19 heavy (non-hydrogen) atoms. The predicted molar refractivity (Wildman–Crippen MR) is 75.8 cm³/mol. The molecule has 1 aliphatic carbocycles. The van der Waals surface area contributed by atoms with Crippen LogP contribution in [0.25, 0.3) is 0 Å². The summed E-state index contributed by atoms with van der Waals surface area (Å²) >= 11 is 3.44. The summed E-state index contributed by atoms with van der Waals surface area (Å²) in [6.45, 7) is 1.93. The maximum atomic E-state index is 12.7. The van der Waals surface area contributed by atoms with Gasteiger partial charge in [-0.2, -0.15) is 0 Å². The standard InChI is InChI=1S/C14H15BrN2O2/c1-14(9-6-7-9)13(19)17(8-12(18)16-14)11-5-3-2-4-10(11)15/h2-5,9H,6-8H2,1H3,(H,16,18). The van der Waals surface area contributed by atoms with Crippen molar-refractivity contribution in [2.24, 2.45) is 5.92 Å². The smallest absolute Gasteiger partial charge is 0.253 e. The molecule has 1 aromatic rings. The van der Waals surface area contributed by atoms with Crippen LogP contribution in [0, 0.1) is 5.92 Å². The molecule has 1 N–H and O–H groups in total. The molecular weight excluding hydrogens is 308 g/mol. The van der Waals surface area contributed by atoms with Crippen LogP contribution in [0.2, 0.25) is 0 Å². The van der Waals surface area contributed by atoms with Crippen LogP contribution in [-0.4, -0.2) is 23.9 Å². The largest absolute Gasteiger partial charge is 0.340 e. The summed E-state index contributed by atoms with van der Waals surface area (Å²) in [5.74, 6) is 0.167. The Hall–Kier alpha value is -1.36. The molecule has 1 aliphatic heterocycles. The summed E-state index contributed by atoms with van der Waals surface area (Å²) in [6.07, 6.45) is 2.01. The summed E-state index contributed by atoms with van der Waals surface area (Å²) in [5.41, 5.74) is 0.0131. The third-order valence-corrected chi connectivity index (χ3v) is 4.60. The van der Waals surface area contributed by atoms with Crippen LogP contribution in [0.1, 0.15) is 19.8 Å². The highest BCUT2D eigenvalue weighted by atomic mass is 79.9. The Bertz CT molecular complexity index is 556. The van der Waals surface area contributed by atoms with Crippen molar-refractivity contribution in [3.63, 3.8) is 0 Å². The Balaban J connectivity index is 1.99. The van der Waals surface area contributed by atoms with Gasteiger partial charge in [-0.05, 0) is 53.7 Å². The Morgan fingerprint density at radius 1 is 1.32 bits per heavy atom. The Morgan fingerprint density at radius 2 is 2.00 bits per heavy atom. The molecule has 0 radical (unpaired) electrons. The van der Waals surface area contributed by atoms with Gasteiger partial charge in [-0.1, -0.05) is 12.1 Å². The molecule has 1 saturated heterocycles. The number of anilines is 1. The van der Waals surface area contributed by atoms with E-state index >= 15 is 0 Å². The lowest BCUT2D eigenvalue weighted by Gasteiger charge is -2.40. The molecule has 2 fully saturated rings. The van der Waals surface area contributed by atoms with Gasteiger partial charge in [0, 0.05) is 4.47 Å². The fourth-order valence-corrected chi connectivity index (χ4v) is 3.18. The summed E-state index contributed by atoms with van der Waals surface area (Å²) < 4.78 is 0.830. The normalized spacial score (nSPS) is 27.4. The van der Waals surface area contributed by atoms with Gasteiger partial charge in [0.25, 0.3) is 5.91 Å². The van der Waals surface area contributed by atoms with Crippen LogP contribution in [0.5, 0.6) is 0 Å². The van der Waals surface area contributed by atoms with Crippen molar-refractivity contribution in [3.8, 4) is 0 Å². The van der Waals surface area contributed by atoms with Crippen molar-refractivity contribution in [3.05, 3.63) is 28.7 Å². The van der Waals surface area contributed by atoms with Gasteiger partial charge >= 0.3 is 0 Å². The van der Waals surface area contributed by atoms with Crippen LogP contribution in [0.4, 0.5) is 5.69 Å². The SMILES string of the molecule is CC1(C2CC2)NC(=O)CN(c2ccccc2Br)C1=O. The van der Waals surface area contributed by atoms with Crippen molar-refractivity contribution in [2.75, 3.05) is 11.4 Å². The summed E-state index contributed by atoms with van der Waals surface area (Å²) in [5, 5.41) is 2.88. The van der Waals surface area contributed by atoms with E-state index in [1.54, 1.807) is 4.90 Å². The first-order valence-electron chi connectivity index (χ1n) is 6.40. The molecule has 3 rings (SSSR count). The second kappa shape index (κ2) is 4.34. The quantitative estimate of drug-likeness (QED) is 0.906. The maximum absolute atomic E-state index is 12.7. The third-order valence-electron chi connectivity index (χ3n) is 3.93. The molecule has 2 amide bonds. The number of carbonyl (C=O) groups is 2. The fourth-order valence-electron chi connectivity index (χ4n) is 2.68. The lowest BCUT2D eigenvalue weighted by atomic mass is 9.91. The first-order chi connectivity index (χ1) is 9.02. The zero-order valence-electron chi connectivity index (χ0n) is 10.6. The number of nitrogens with zero attached hydrogens (tertiary/aromatic N) is 1. The van der Waals surface area contributed by atoms with E-state index in [1.165, 1.54) is 0 Å². The molecule has 1 aromatic carbocycles. The first-order valence-corrected chi connectivity index (χ1v) is 7.19. The zero-order valence-corrected chi connectivity index (χ0v) is 12.2. The molecule has 0 bridgehead atoms. The van der Waals surface area contributed by atoms with Crippen molar-refractivity contribution < 1.29 is 9.59 Å². The Kier molecular flexibility index (Phi) is 2.89. The number of benzene rings is 1. The molecule has 5 heteroatoms. The van der Waals surface area contributed by atoms with Crippen molar-refractivity contribution in [1.29, 1.82) is 0 Å². The highest BCUT2D eigenvalue weighted by molar-refractivity contribution is 9.10. The number of piperazine rings is 1. The van der Waals surface area contributed by atoms with E-state index in [9.17, 15) is 9.59 Å². The molecule has 1 atom stereocenters. The molecule has 4 nitrogen and oxygen atoms in total. The Labute approximate surface area is 120 Å². The van der Waals surface area contributed by atoms with Crippen molar-refractivity contribution >= 4 is 33.4 Å². The number of para-hydroxylation sites is 1. The van der Waals surface area contributed by atoms with E-state index in [4.69, 9.17) is 0 Å². The molecule has 1 heterocycles. The Morgan fingerprint density at radius 3 is 2.63 bits per heavy atom. The van der Waals surface area contributed by atoms with Gasteiger partial charge in [-0.15, -0.1) is 0 Å². The van der Waals surface area contributed by atoms with E-state index < -0.39 is 5.54 Å². The number of hydrogen-bond donors (Lipinski definition) is 1. The van der Waals surface area contributed by atoms with Gasteiger partial charge in [-0.3, -0.25) is 14.5 Å². The van der Waals surface area contributed by atoms with Crippen molar-refractivity contribution in [1.82, 2.24) is 5.32 Å². The number of rotatable bonds is 2. The van der Waals surface area contributed by atoms with Gasteiger partial charge in [0.05, 0.1) is 5.69 Å². The third kappa shape index (κ3) is 2.06. The first kappa shape index (κ1) is 12.7.